The summed E-state index contributed by atoms with van der Waals surface area (Å²) < 4.78 is 0.810. The van der Waals surface area contributed by atoms with Crippen molar-refractivity contribution < 1.29 is 9.59 Å². The summed E-state index contributed by atoms with van der Waals surface area (Å²) in [4.78, 5) is 29.4. The maximum absolute atomic E-state index is 12.2. The van der Waals surface area contributed by atoms with Gasteiger partial charge in [0.1, 0.15) is 5.69 Å². The number of nitrogens with zero attached hydrogens (tertiary/aromatic N) is 2. The summed E-state index contributed by atoms with van der Waals surface area (Å²) in [6, 6.07) is 3.45. The molecule has 1 aromatic heterocycles. The third-order valence-corrected chi connectivity index (χ3v) is 2.87. The molecule has 1 aromatic rings. The van der Waals surface area contributed by atoms with Gasteiger partial charge < -0.3 is 10.2 Å². The fraction of sp³-hybridized carbons (Fsp3) is 0.462. The third-order valence-electron chi connectivity index (χ3n) is 2.40. The molecule has 0 aliphatic rings. The van der Waals surface area contributed by atoms with E-state index in [1.54, 1.807) is 18.3 Å². The second-order valence-corrected chi connectivity index (χ2v) is 5.32. The maximum atomic E-state index is 12.2. The monoisotopic (exact) mass is 327 g/mol. The number of aromatic nitrogens is 1. The minimum atomic E-state index is -0.242. The van der Waals surface area contributed by atoms with Crippen LogP contribution in [0.1, 0.15) is 31.3 Å². The minimum absolute atomic E-state index is 0.0469. The molecule has 0 aliphatic heterocycles. The Balaban J connectivity index is 2.71. The predicted octanol–water partition coefficient (Wildman–Crippen LogP) is 1.83. The van der Waals surface area contributed by atoms with Gasteiger partial charge >= 0.3 is 0 Å². The van der Waals surface area contributed by atoms with Gasteiger partial charge in [0.2, 0.25) is 5.91 Å². The molecular weight excluding hydrogens is 310 g/mol. The quantitative estimate of drug-likeness (QED) is 0.897. The van der Waals surface area contributed by atoms with Crippen molar-refractivity contribution >= 4 is 27.7 Å². The topological polar surface area (TPSA) is 62.3 Å². The first kappa shape index (κ1) is 15.6. The van der Waals surface area contributed by atoms with Crippen molar-refractivity contribution in [3.63, 3.8) is 0 Å². The van der Waals surface area contributed by atoms with Gasteiger partial charge in [-0.1, -0.05) is 0 Å². The van der Waals surface area contributed by atoms with Gasteiger partial charge in [-0.15, -0.1) is 0 Å². The summed E-state index contributed by atoms with van der Waals surface area (Å²) in [5, 5.41) is 2.76. The van der Waals surface area contributed by atoms with Crippen molar-refractivity contribution in [2.45, 2.75) is 26.8 Å². The van der Waals surface area contributed by atoms with Crippen molar-refractivity contribution in [1.29, 1.82) is 0 Å². The number of likely N-dealkylation sites (N-methyl/N-ethyl adjacent to an activating group) is 1. The van der Waals surface area contributed by atoms with Crippen LogP contribution in [0.4, 0.5) is 0 Å². The van der Waals surface area contributed by atoms with Crippen LogP contribution < -0.4 is 5.32 Å². The van der Waals surface area contributed by atoms with Crippen LogP contribution in [0.15, 0.2) is 22.8 Å². The standard InChI is InChI=1S/C13H18BrN3O2/c1-4-17(8-12(18)16-9(2)3)13(19)11-6-5-10(14)7-15-11/h5-7,9H,4,8H2,1-3H3,(H,16,18). The first-order chi connectivity index (χ1) is 8.93. The third kappa shape index (κ3) is 4.98. The summed E-state index contributed by atoms with van der Waals surface area (Å²) >= 11 is 3.26. The van der Waals surface area contributed by atoms with Gasteiger partial charge in [0.15, 0.2) is 0 Å². The number of halogens is 1. The molecule has 0 unspecified atom stereocenters. The molecule has 5 nitrogen and oxygen atoms in total. The highest BCUT2D eigenvalue weighted by molar-refractivity contribution is 9.10. The molecule has 2 amide bonds. The van der Waals surface area contributed by atoms with Gasteiger partial charge in [-0.25, -0.2) is 4.98 Å². The van der Waals surface area contributed by atoms with Gasteiger partial charge in [-0.3, -0.25) is 9.59 Å². The van der Waals surface area contributed by atoms with E-state index in [2.05, 4.69) is 26.2 Å². The number of nitrogens with one attached hydrogen (secondary N) is 1. The van der Waals surface area contributed by atoms with Crippen molar-refractivity contribution in [2.75, 3.05) is 13.1 Å². The van der Waals surface area contributed by atoms with Crippen molar-refractivity contribution in [3.8, 4) is 0 Å². The predicted molar refractivity (Wildman–Crippen MR) is 76.8 cm³/mol. The van der Waals surface area contributed by atoms with Crippen LogP contribution >= 0.6 is 15.9 Å². The molecule has 0 saturated carbocycles. The van der Waals surface area contributed by atoms with Crippen LogP contribution in [0, 0.1) is 0 Å². The number of rotatable bonds is 5. The summed E-state index contributed by atoms with van der Waals surface area (Å²) in [7, 11) is 0. The molecule has 19 heavy (non-hydrogen) atoms. The van der Waals surface area contributed by atoms with E-state index >= 15 is 0 Å². The zero-order valence-electron chi connectivity index (χ0n) is 11.3. The Bertz CT molecular complexity index is 446. The van der Waals surface area contributed by atoms with Crippen LogP contribution in [0.25, 0.3) is 0 Å². The lowest BCUT2D eigenvalue weighted by atomic mass is 10.3. The molecule has 0 radical (unpaired) electrons. The van der Waals surface area contributed by atoms with E-state index in [0.717, 1.165) is 4.47 Å². The molecule has 0 bridgehead atoms. The Hall–Kier alpha value is -1.43. The maximum Gasteiger partial charge on any atom is 0.272 e. The Labute approximate surface area is 121 Å². The Morgan fingerprint density at radius 1 is 1.42 bits per heavy atom. The zero-order chi connectivity index (χ0) is 14.4. The van der Waals surface area contributed by atoms with Gasteiger partial charge in [-0.05, 0) is 48.8 Å². The van der Waals surface area contributed by atoms with Crippen LogP contribution in [-0.4, -0.2) is 40.8 Å². The molecule has 0 spiro atoms. The average molecular weight is 328 g/mol. The minimum Gasteiger partial charge on any atom is -0.352 e. The van der Waals surface area contributed by atoms with Gasteiger partial charge in [0.05, 0.1) is 6.54 Å². The number of carbonyl (C=O) groups is 2. The van der Waals surface area contributed by atoms with E-state index in [-0.39, 0.29) is 24.4 Å². The van der Waals surface area contributed by atoms with Gasteiger partial charge in [0.25, 0.3) is 5.91 Å². The average Bonchev–Trinajstić information content (AvgIpc) is 2.35. The summed E-state index contributed by atoms with van der Waals surface area (Å²) in [5.74, 6) is -0.406. The van der Waals surface area contributed by atoms with Gasteiger partial charge in [-0.2, -0.15) is 0 Å². The highest BCUT2D eigenvalue weighted by atomic mass is 79.9. The van der Waals surface area contributed by atoms with Crippen molar-refractivity contribution in [1.82, 2.24) is 15.2 Å². The fourth-order valence-electron chi connectivity index (χ4n) is 1.53. The van der Waals surface area contributed by atoms with E-state index < -0.39 is 0 Å². The lowest BCUT2D eigenvalue weighted by Crippen LogP contribution is -2.42. The highest BCUT2D eigenvalue weighted by Crippen LogP contribution is 2.09. The van der Waals surface area contributed by atoms with Crippen molar-refractivity contribution in [3.05, 3.63) is 28.5 Å². The molecule has 6 heteroatoms. The molecule has 0 fully saturated rings. The molecular formula is C13H18BrN3O2. The first-order valence-corrected chi connectivity index (χ1v) is 6.93. The highest BCUT2D eigenvalue weighted by Gasteiger charge is 2.18. The van der Waals surface area contributed by atoms with Crippen molar-refractivity contribution in [2.24, 2.45) is 0 Å². The van der Waals surface area contributed by atoms with E-state index in [9.17, 15) is 9.59 Å². The lowest BCUT2D eigenvalue weighted by molar-refractivity contribution is -0.122. The van der Waals surface area contributed by atoms with E-state index in [1.165, 1.54) is 4.90 Å². The number of hydrogen-bond donors (Lipinski definition) is 1. The lowest BCUT2D eigenvalue weighted by Gasteiger charge is -2.20. The second-order valence-electron chi connectivity index (χ2n) is 4.40. The summed E-state index contributed by atoms with van der Waals surface area (Å²) in [5.41, 5.74) is 0.336. The van der Waals surface area contributed by atoms with Crippen LogP contribution in [0.2, 0.25) is 0 Å². The zero-order valence-corrected chi connectivity index (χ0v) is 12.9. The molecule has 1 heterocycles. The molecule has 0 aromatic carbocycles. The molecule has 1 rings (SSSR count). The smallest absolute Gasteiger partial charge is 0.272 e. The van der Waals surface area contributed by atoms with Crippen LogP contribution in [-0.2, 0) is 4.79 Å². The molecule has 0 aliphatic carbocycles. The second kappa shape index (κ2) is 7.23. The number of carbonyl (C=O) groups excluding carboxylic acids is 2. The Morgan fingerprint density at radius 2 is 2.11 bits per heavy atom. The van der Waals surface area contributed by atoms with E-state index in [0.29, 0.717) is 12.2 Å². The molecule has 1 N–H and O–H groups in total. The molecule has 0 atom stereocenters. The molecule has 0 saturated heterocycles. The summed E-state index contributed by atoms with van der Waals surface area (Å²) in [6.45, 7) is 6.10. The number of pyridine rings is 1. The SMILES string of the molecule is CCN(CC(=O)NC(C)C)C(=O)c1ccc(Br)cn1. The normalized spacial score (nSPS) is 10.4. The number of hydrogen-bond acceptors (Lipinski definition) is 3. The number of amides is 2. The Kier molecular flexibility index (Phi) is 5.95. The van der Waals surface area contributed by atoms with Gasteiger partial charge in [0, 0.05) is 23.3 Å². The largest absolute Gasteiger partial charge is 0.352 e. The summed E-state index contributed by atoms with van der Waals surface area (Å²) in [6.07, 6.45) is 1.56. The molecule has 104 valence electrons. The first-order valence-electron chi connectivity index (χ1n) is 6.14. The Morgan fingerprint density at radius 3 is 2.58 bits per heavy atom. The van der Waals surface area contributed by atoms with Crippen LogP contribution in [0.5, 0.6) is 0 Å². The van der Waals surface area contributed by atoms with E-state index in [4.69, 9.17) is 0 Å². The van der Waals surface area contributed by atoms with Crippen LogP contribution in [0.3, 0.4) is 0 Å². The fourth-order valence-corrected chi connectivity index (χ4v) is 1.77. The van der Waals surface area contributed by atoms with E-state index in [1.807, 2.05) is 20.8 Å².